The van der Waals surface area contributed by atoms with Gasteiger partial charge in [0.25, 0.3) is 12.3 Å². The lowest BCUT2D eigenvalue weighted by molar-refractivity contribution is 0.102. The molecule has 1 amide bonds. The summed E-state index contributed by atoms with van der Waals surface area (Å²) in [4.78, 5) is 16.6. The summed E-state index contributed by atoms with van der Waals surface area (Å²) in [6.07, 6.45) is 3.47. The Morgan fingerprint density at radius 2 is 2.16 bits per heavy atom. The van der Waals surface area contributed by atoms with Crippen molar-refractivity contribution in [3.8, 4) is 0 Å². The lowest BCUT2D eigenvalue weighted by Gasteiger charge is -2.10. The third-order valence-corrected chi connectivity index (χ3v) is 3.80. The van der Waals surface area contributed by atoms with Crippen molar-refractivity contribution in [3.63, 3.8) is 0 Å². The zero-order chi connectivity index (χ0) is 17.6. The molecule has 1 aromatic carbocycles. The minimum Gasteiger partial charge on any atom is -0.321 e. The zero-order valence-corrected chi connectivity index (χ0v) is 13.0. The topological polar surface area (TPSA) is 77.1 Å². The van der Waals surface area contributed by atoms with Crippen molar-refractivity contribution in [1.29, 1.82) is 0 Å². The molecule has 0 aliphatic carbocycles. The number of aryl methyl sites for hydroxylation is 1. The number of nitrogens with zero attached hydrogens (tertiary/aromatic N) is 5. The van der Waals surface area contributed by atoms with E-state index in [-0.39, 0.29) is 16.8 Å². The van der Waals surface area contributed by atoms with Crippen LogP contribution in [0, 0.1) is 0 Å². The van der Waals surface area contributed by atoms with Gasteiger partial charge in [0, 0.05) is 36.6 Å². The molecular formula is C16H12F2N6O. The largest absolute Gasteiger partial charge is 0.321 e. The molecule has 0 aliphatic rings. The van der Waals surface area contributed by atoms with Crippen LogP contribution in [-0.4, -0.2) is 30.3 Å². The monoisotopic (exact) mass is 342 g/mol. The molecule has 7 nitrogen and oxygen atoms in total. The molecule has 0 atom stereocenters. The Morgan fingerprint density at radius 3 is 2.96 bits per heavy atom. The second-order valence-electron chi connectivity index (χ2n) is 5.50. The molecule has 4 rings (SSSR count). The lowest BCUT2D eigenvalue weighted by atomic mass is 10.1. The van der Waals surface area contributed by atoms with E-state index in [0.29, 0.717) is 16.6 Å². The number of hydrogen-bond acceptors (Lipinski definition) is 4. The SMILES string of the molecule is Cn1cc2cc(NC(=O)c3cnn4cccnc34)c(C(F)F)cc2n1. The maximum absolute atomic E-state index is 13.4. The summed E-state index contributed by atoms with van der Waals surface area (Å²) in [5.74, 6) is -0.557. The highest BCUT2D eigenvalue weighted by Gasteiger charge is 2.20. The van der Waals surface area contributed by atoms with E-state index in [2.05, 4.69) is 20.5 Å². The fourth-order valence-corrected chi connectivity index (χ4v) is 2.68. The lowest BCUT2D eigenvalue weighted by Crippen LogP contribution is -2.13. The number of alkyl halides is 2. The molecule has 0 fully saturated rings. The Balaban J connectivity index is 1.76. The van der Waals surface area contributed by atoms with E-state index in [1.54, 1.807) is 25.5 Å². The molecule has 0 spiro atoms. The molecule has 0 bridgehead atoms. The van der Waals surface area contributed by atoms with E-state index in [9.17, 15) is 13.6 Å². The van der Waals surface area contributed by atoms with Crippen LogP contribution < -0.4 is 5.32 Å². The Labute approximate surface area is 139 Å². The predicted molar refractivity (Wildman–Crippen MR) is 86.6 cm³/mol. The number of amides is 1. The number of carbonyl (C=O) groups excluding carboxylic acids is 1. The van der Waals surface area contributed by atoms with Gasteiger partial charge >= 0.3 is 0 Å². The van der Waals surface area contributed by atoms with Gasteiger partial charge in [-0.05, 0) is 18.2 Å². The van der Waals surface area contributed by atoms with Gasteiger partial charge in [-0.15, -0.1) is 0 Å². The molecule has 1 N–H and O–H groups in total. The van der Waals surface area contributed by atoms with Crippen molar-refractivity contribution in [3.05, 3.63) is 54.1 Å². The third kappa shape index (κ3) is 2.59. The van der Waals surface area contributed by atoms with Gasteiger partial charge in [0.1, 0.15) is 5.56 Å². The second kappa shape index (κ2) is 5.62. The van der Waals surface area contributed by atoms with Crippen LogP contribution in [0.25, 0.3) is 16.6 Å². The van der Waals surface area contributed by atoms with Gasteiger partial charge in [-0.2, -0.15) is 10.2 Å². The molecule has 0 radical (unpaired) electrons. The van der Waals surface area contributed by atoms with E-state index in [1.165, 1.54) is 33.7 Å². The van der Waals surface area contributed by atoms with Gasteiger partial charge in [0.2, 0.25) is 0 Å². The summed E-state index contributed by atoms with van der Waals surface area (Å²) in [6, 6.07) is 4.44. The Hall–Kier alpha value is -3.36. The van der Waals surface area contributed by atoms with Crippen LogP contribution in [0.3, 0.4) is 0 Å². The van der Waals surface area contributed by atoms with E-state index in [4.69, 9.17) is 0 Å². The summed E-state index contributed by atoms with van der Waals surface area (Å²) in [5, 5.41) is 11.3. The number of halogens is 2. The molecule has 126 valence electrons. The van der Waals surface area contributed by atoms with Crippen molar-refractivity contribution in [2.75, 3.05) is 5.32 Å². The molecule has 0 saturated heterocycles. The summed E-state index contributed by atoms with van der Waals surface area (Å²) in [5.41, 5.74) is 0.737. The smallest absolute Gasteiger partial charge is 0.265 e. The third-order valence-electron chi connectivity index (χ3n) is 3.80. The molecule has 9 heteroatoms. The van der Waals surface area contributed by atoms with Crippen molar-refractivity contribution in [1.82, 2.24) is 24.4 Å². The standard InChI is InChI=1S/C16H12F2N6O/c1-23-8-9-5-13(10(14(17)18)6-12(9)22-23)21-16(25)11-7-20-24-4-2-3-19-15(11)24/h2-8,14H,1H3,(H,21,25). The number of fused-ring (bicyclic) bond motifs is 2. The van der Waals surface area contributed by atoms with Crippen molar-refractivity contribution in [2.45, 2.75) is 6.43 Å². The summed E-state index contributed by atoms with van der Waals surface area (Å²) >= 11 is 0. The predicted octanol–water partition coefficient (Wildman–Crippen LogP) is 2.81. The minimum absolute atomic E-state index is 0.0378. The van der Waals surface area contributed by atoms with Gasteiger partial charge in [0.05, 0.1) is 17.4 Å². The zero-order valence-electron chi connectivity index (χ0n) is 13.0. The molecule has 25 heavy (non-hydrogen) atoms. The Bertz CT molecular complexity index is 1100. The van der Waals surface area contributed by atoms with E-state index in [0.717, 1.165) is 0 Å². The number of anilines is 1. The number of aromatic nitrogens is 5. The summed E-state index contributed by atoms with van der Waals surface area (Å²) in [7, 11) is 1.70. The highest BCUT2D eigenvalue weighted by Crippen LogP contribution is 2.31. The van der Waals surface area contributed by atoms with Crippen LogP contribution in [0.4, 0.5) is 14.5 Å². The molecule has 0 unspecified atom stereocenters. The van der Waals surface area contributed by atoms with Crippen LogP contribution in [0.5, 0.6) is 0 Å². The first kappa shape index (κ1) is 15.2. The first-order valence-electron chi connectivity index (χ1n) is 7.38. The van der Waals surface area contributed by atoms with Gasteiger partial charge in [-0.25, -0.2) is 18.3 Å². The van der Waals surface area contributed by atoms with Gasteiger partial charge in [-0.3, -0.25) is 9.48 Å². The van der Waals surface area contributed by atoms with Gasteiger partial charge in [0.15, 0.2) is 5.65 Å². The molecule has 0 aliphatic heterocycles. The van der Waals surface area contributed by atoms with Gasteiger partial charge in [-0.1, -0.05) is 0 Å². The molecule has 3 aromatic heterocycles. The minimum atomic E-state index is -2.75. The maximum atomic E-state index is 13.4. The number of benzene rings is 1. The molecular weight excluding hydrogens is 330 g/mol. The first-order chi connectivity index (χ1) is 12.0. The van der Waals surface area contributed by atoms with Crippen LogP contribution in [0.2, 0.25) is 0 Å². The Kier molecular flexibility index (Phi) is 3.41. The maximum Gasteiger partial charge on any atom is 0.265 e. The van der Waals surface area contributed by atoms with Crippen molar-refractivity contribution in [2.24, 2.45) is 7.05 Å². The molecule has 3 heterocycles. The normalized spacial score (nSPS) is 11.5. The van der Waals surface area contributed by atoms with Crippen LogP contribution in [0.1, 0.15) is 22.3 Å². The van der Waals surface area contributed by atoms with E-state index in [1.807, 2.05) is 0 Å². The average Bonchev–Trinajstić information content (AvgIpc) is 3.15. The first-order valence-corrected chi connectivity index (χ1v) is 7.38. The molecule has 0 saturated carbocycles. The molecule has 4 aromatic rings. The summed E-state index contributed by atoms with van der Waals surface area (Å²) < 4.78 is 29.8. The summed E-state index contributed by atoms with van der Waals surface area (Å²) in [6.45, 7) is 0. The van der Waals surface area contributed by atoms with E-state index >= 15 is 0 Å². The number of nitrogens with one attached hydrogen (secondary N) is 1. The van der Waals surface area contributed by atoms with Crippen LogP contribution >= 0.6 is 0 Å². The Morgan fingerprint density at radius 1 is 1.32 bits per heavy atom. The van der Waals surface area contributed by atoms with Crippen molar-refractivity contribution >= 4 is 28.1 Å². The average molecular weight is 342 g/mol. The number of rotatable bonds is 3. The van der Waals surface area contributed by atoms with Crippen LogP contribution in [-0.2, 0) is 7.05 Å². The highest BCUT2D eigenvalue weighted by molar-refractivity contribution is 6.09. The van der Waals surface area contributed by atoms with Crippen LogP contribution in [0.15, 0.2) is 43.0 Å². The fourth-order valence-electron chi connectivity index (χ4n) is 2.68. The number of carbonyl (C=O) groups is 1. The second-order valence-corrected chi connectivity index (χ2v) is 5.50. The van der Waals surface area contributed by atoms with Gasteiger partial charge < -0.3 is 5.32 Å². The quantitative estimate of drug-likeness (QED) is 0.621. The van der Waals surface area contributed by atoms with E-state index < -0.39 is 12.3 Å². The fraction of sp³-hybridized carbons (Fsp3) is 0.125. The highest BCUT2D eigenvalue weighted by atomic mass is 19.3. The number of hydrogen-bond donors (Lipinski definition) is 1. The van der Waals surface area contributed by atoms with Crippen molar-refractivity contribution < 1.29 is 13.6 Å².